The lowest BCUT2D eigenvalue weighted by Gasteiger charge is -2.40. The topological polar surface area (TPSA) is 58.4 Å². The summed E-state index contributed by atoms with van der Waals surface area (Å²) in [5.74, 6) is 1.11. The molecule has 1 aliphatic heterocycles. The van der Waals surface area contributed by atoms with Gasteiger partial charge in [0, 0.05) is 24.8 Å². The van der Waals surface area contributed by atoms with Crippen LogP contribution >= 0.6 is 0 Å². The van der Waals surface area contributed by atoms with E-state index in [-0.39, 0.29) is 12.1 Å². The van der Waals surface area contributed by atoms with E-state index in [1.165, 1.54) is 6.42 Å². The third-order valence-corrected chi connectivity index (χ3v) is 4.30. The van der Waals surface area contributed by atoms with Gasteiger partial charge in [0.15, 0.2) is 0 Å². The van der Waals surface area contributed by atoms with E-state index in [9.17, 15) is 4.79 Å². The van der Waals surface area contributed by atoms with E-state index >= 15 is 0 Å². The Morgan fingerprint density at radius 2 is 1.95 bits per heavy atom. The fourth-order valence-corrected chi connectivity index (χ4v) is 2.90. The molecular weight excluding hydrogens is 250 g/mol. The summed E-state index contributed by atoms with van der Waals surface area (Å²) >= 11 is 0. The van der Waals surface area contributed by atoms with Gasteiger partial charge in [-0.25, -0.2) is 4.79 Å². The van der Waals surface area contributed by atoms with Crippen molar-refractivity contribution < 1.29 is 4.79 Å². The molecule has 110 valence electrons. The summed E-state index contributed by atoms with van der Waals surface area (Å²) in [7, 11) is 0. The molecule has 20 heavy (non-hydrogen) atoms. The average molecular weight is 275 g/mol. The third kappa shape index (κ3) is 3.31. The smallest absolute Gasteiger partial charge is 0.322 e. The van der Waals surface area contributed by atoms with Crippen molar-refractivity contribution in [3.05, 3.63) is 29.8 Å². The lowest BCUT2D eigenvalue weighted by molar-refractivity contribution is 0.110. The Balaban J connectivity index is 2.02. The molecule has 2 amide bonds. The van der Waals surface area contributed by atoms with Crippen LogP contribution in [0.3, 0.4) is 0 Å². The Hall–Kier alpha value is -1.55. The van der Waals surface area contributed by atoms with Crippen molar-refractivity contribution >= 4 is 11.7 Å². The first-order valence-electron chi connectivity index (χ1n) is 7.38. The number of likely N-dealkylation sites (tertiary alicyclic amines) is 1. The zero-order valence-corrected chi connectivity index (χ0v) is 12.6. The fraction of sp³-hybridized carbons (Fsp3) is 0.562. The molecule has 1 saturated heterocycles. The van der Waals surface area contributed by atoms with Crippen LogP contribution in [0.4, 0.5) is 10.5 Å². The van der Waals surface area contributed by atoms with E-state index in [1.54, 1.807) is 0 Å². The molecule has 1 aliphatic rings. The first-order chi connectivity index (χ1) is 9.51. The van der Waals surface area contributed by atoms with Gasteiger partial charge in [-0.05, 0) is 42.9 Å². The van der Waals surface area contributed by atoms with Crippen molar-refractivity contribution in [2.75, 3.05) is 11.9 Å². The molecule has 1 aromatic rings. The van der Waals surface area contributed by atoms with Gasteiger partial charge in [0.1, 0.15) is 0 Å². The highest BCUT2D eigenvalue weighted by molar-refractivity contribution is 5.89. The lowest BCUT2D eigenvalue weighted by atomic mass is 9.86. The van der Waals surface area contributed by atoms with Crippen LogP contribution in [0.15, 0.2) is 24.3 Å². The monoisotopic (exact) mass is 275 g/mol. The van der Waals surface area contributed by atoms with Crippen LogP contribution in [0.2, 0.25) is 0 Å². The molecule has 3 N–H and O–H groups in total. The molecule has 4 nitrogen and oxygen atoms in total. The number of amides is 2. The molecule has 1 heterocycles. The maximum absolute atomic E-state index is 12.4. The molecule has 4 heteroatoms. The highest BCUT2D eigenvalue weighted by atomic mass is 16.2. The van der Waals surface area contributed by atoms with E-state index < -0.39 is 0 Å². The van der Waals surface area contributed by atoms with Gasteiger partial charge in [0.05, 0.1) is 0 Å². The van der Waals surface area contributed by atoms with E-state index in [0.717, 1.165) is 17.8 Å². The van der Waals surface area contributed by atoms with Crippen molar-refractivity contribution in [3.8, 4) is 0 Å². The van der Waals surface area contributed by atoms with Crippen LogP contribution < -0.4 is 11.1 Å². The molecule has 3 atom stereocenters. The number of hydrogen-bond donors (Lipinski definition) is 2. The molecule has 2 rings (SSSR count). The molecular formula is C16H25N3O. The highest BCUT2D eigenvalue weighted by Crippen LogP contribution is 2.27. The van der Waals surface area contributed by atoms with Gasteiger partial charge in [-0.1, -0.05) is 26.0 Å². The number of anilines is 1. The quantitative estimate of drug-likeness (QED) is 0.871. The summed E-state index contributed by atoms with van der Waals surface area (Å²) in [4.78, 5) is 14.4. The number of benzene rings is 1. The van der Waals surface area contributed by atoms with Gasteiger partial charge in [0.25, 0.3) is 0 Å². The van der Waals surface area contributed by atoms with Crippen LogP contribution in [-0.2, 0) is 6.54 Å². The van der Waals surface area contributed by atoms with Crippen LogP contribution in [-0.4, -0.2) is 23.5 Å². The molecule has 0 radical (unpaired) electrons. The number of carbonyl (C=O) groups is 1. The minimum atomic E-state index is -0.00333. The minimum Gasteiger partial charge on any atom is -0.326 e. The zero-order chi connectivity index (χ0) is 14.7. The van der Waals surface area contributed by atoms with E-state index in [2.05, 4.69) is 26.1 Å². The number of piperidine rings is 1. The van der Waals surface area contributed by atoms with Crippen LogP contribution in [0.5, 0.6) is 0 Å². The number of nitrogens with two attached hydrogens (primary N) is 1. The molecule has 3 unspecified atom stereocenters. The molecule has 1 aromatic carbocycles. The minimum absolute atomic E-state index is 0.00333. The van der Waals surface area contributed by atoms with E-state index in [1.807, 2.05) is 29.2 Å². The second-order valence-corrected chi connectivity index (χ2v) is 6.04. The average Bonchev–Trinajstić information content (AvgIpc) is 2.43. The number of hydrogen-bond acceptors (Lipinski definition) is 2. The van der Waals surface area contributed by atoms with Gasteiger partial charge < -0.3 is 16.0 Å². The molecule has 0 bridgehead atoms. The highest BCUT2D eigenvalue weighted by Gasteiger charge is 2.31. The van der Waals surface area contributed by atoms with Crippen molar-refractivity contribution in [2.45, 2.75) is 39.8 Å². The second-order valence-electron chi connectivity index (χ2n) is 6.04. The van der Waals surface area contributed by atoms with E-state index in [0.29, 0.717) is 18.4 Å². The summed E-state index contributed by atoms with van der Waals surface area (Å²) < 4.78 is 0. The Labute approximate surface area is 121 Å². The predicted octanol–water partition coefficient (Wildman–Crippen LogP) is 3.04. The van der Waals surface area contributed by atoms with Crippen LogP contribution in [0.25, 0.3) is 0 Å². The summed E-state index contributed by atoms with van der Waals surface area (Å²) in [6, 6.07) is 7.98. The maximum Gasteiger partial charge on any atom is 0.322 e. The van der Waals surface area contributed by atoms with Crippen LogP contribution in [0.1, 0.15) is 32.8 Å². The van der Waals surface area contributed by atoms with Gasteiger partial charge in [-0.2, -0.15) is 0 Å². The maximum atomic E-state index is 12.4. The number of urea groups is 1. The van der Waals surface area contributed by atoms with Crippen molar-refractivity contribution in [1.82, 2.24) is 4.90 Å². The summed E-state index contributed by atoms with van der Waals surface area (Å²) in [5, 5.41) is 2.98. The Kier molecular flexibility index (Phi) is 4.65. The molecule has 0 aromatic heterocycles. The van der Waals surface area contributed by atoms with Gasteiger partial charge in [0.2, 0.25) is 0 Å². The number of carbonyl (C=O) groups excluding carboxylic acids is 1. The standard InChI is InChI=1S/C16H25N3O/c1-11-8-12(2)13(3)19(10-11)16(20)18-15-6-4-14(9-17)5-7-15/h4-7,11-13H,8-10,17H2,1-3H3,(H,18,20). The Morgan fingerprint density at radius 1 is 1.30 bits per heavy atom. The van der Waals surface area contributed by atoms with Gasteiger partial charge in [-0.3, -0.25) is 0 Å². The number of nitrogens with one attached hydrogen (secondary N) is 1. The zero-order valence-electron chi connectivity index (χ0n) is 12.6. The first-order valence-corrected chi connectivity index (χ1v) is 7.38. The van der Waals surface area contributed by atoms with E-state index in [4.69, 9.17) is 5.73 Å². The normalized spacial score (nSPS) is 26.4. The van der Waals surface area contributed by atoms with Crippen molar-refractivity contribution in [2.24, 2.45) is 17.6 Å². The molecule has 0 aliphatic carbocycles. The third-order valence-electron chi connectivity index (χ3n) is 4.30. The first kappa shape index (κ1) is 14.9. The van der Waals surface area contributed by atoms with Crippen LogP contribution in [0, 0.1) is 11.8 Å². The van der Waals surface area contributed by atoms with Crippen molar-refractivity contribution in [1.29, 1.82) is 0 Å². The number of nitrogens with zero attached hydrogens (tertiary/aromatic N) is 1. The Morgan fingerprint density at radius 3 is 2.55 bits per heavy atom. The number of rotatable bonds is 2. The molecule has 0 spiro atoms. The van der Waals surface area contributed by atoms with Gasteiger partial charge in [-0.15, -0.1) is 0 Å². The molecule has 0 saturated carbocycles. The predicted molar refractivity (Wildman–Crippen MR) is 82.5 cm³/mol. The summed E-state index contributed by atoms with van der Waals surface area (Å²) in [6.45, 7) is 7.91. The second kappa shape index (κ2) is 6.27. The fourth-order valence-electron chi connectivity index (χ4n) is 2.90. The lowest BCUT2D eigenvalue weighted by Crippen LogP contribution is -2.50. The molecule has 1 fully saturated rings. The summed E-state index contributed by atoms with van der Waals surface area (Å²) in [6.07, 6.45) is 1.19. The van der Waals surface area contributed by atoms with Gasteiger partial charge >= 0.3 is 6.03 Å². The largest absolute Gasteiger partial charge is 0.326 e. The SMILES string of the molecule is CC1CC(C)C(C)N(C(=O)Nc2ccc(CN)cc2)C1. The Bertz CT molecular complexity index is 457. The van der Waals surface area contributed by atoms with Crippen molar-refractivity contribution in [3.63, 3.8) is 0 Å². The summed E-state index contributed by atoms with van der Waals surface area (Å²) in [5.41, 5.74) is 7.46.